The van der Waals surface area contributed by atoms with Crippen LogP contribution in [0, 0.1) is 0 Å². The third-order valence-electron chi connectivity index (χ3n) is 2.22. The number of carbonyl (C=O) groups is 1. The van der Waals surface area contributed by atoms with Crippen LogP contribution in [0.3, 0.4) is 0 Å². The van der Waals surface area contributed by atoms with E-state index in [0.717, 1.165) is 0 Å². The van der Waals surface area contributed by atoms with Gasteiger partial charge in [-0.05, 0) is 18.2 Å². The number of carboxylic acid groups (broad SMARTS) is 1. The minimum atomic E-state index is -1.08. The maximum atomic E-state index is 10.7. The number of hydrogen-bond donors (Lipinski definition) is 1. The fraction of sp³-hybridized carbons (Fsp3) is 0.0909. The minimum Gasteiger partial charge on any atom is -0.495 e. The van der Waals surface area contributed by atoms with Crippen LogP contribution in [0.2, 0.25) is 5.02 Å². The normalized spacial score (nSPS) is 10.2. The van der Waals surface area contributed by atoms with E-state index < -0.39 is 5.97 Å². The van der Waals surface area contributed by atoms with Gasteiger partial charge in [0.2, 0.25) is 0 Å². The third kappa shape index (κ3) is 2.24. The van der Waals surface area contributed by atoms with Gasteiger partial charge in [-0.2, -0.15) is 0 Å². The number of aromatic nitrogens is 2. The smallest absolute Gasteiger partial charge is 0.356 e. The standard InChI is InChI=1S/C11H9ClN2O3/c1-17-10-3-2-7(12)4-9(10)14-5-8(11(15)16)13-6-14/h2-6H,1H3,(H,15,16). The first-order valence-corrected chi connectivity index (χ1v) is 5.11. The van der Waals surface area contributed by atoms with E-state index in [1.807, 2.05) is 0 Å². The van der Waals surface area contributed by atoms with Crippen LogP contribution in [0.5, 0.6) is 5.75 Å². The number of halogens is 1. The minimum absolute atomic E-state index is 0.0352. The second-order valence-corrected chi connectivity index (χ2v) is 3.72. The maximum absolute atomic E-state index is 10.7. The van der Waals surface area contributed by atoms with Crippen molar-refractivity contribution in [3.05, 3.63) is 41.4 Å². The summed E-state index contributed by atoms with van der Waals surface area (Å²) in [5, 5.41) is 9.33. The molecule has 88 valence electrons. The van der Waals surface area contributed by atoms with Crippen LogP contribution in [0.4, 0.5) is 0 Å². The van der Waals surface area contributed by atoms with E-state index in [9.17, 15) is 4.79 Å². The van der Waals surface area contributed by atoms with Gasteiger partial charge in [0.15, 0.2) is 5.69 Å². The van der Waals surface area contributed by atoms with Gasteiger partial charge >= 0.3 is 5.97 Å². The van der Waals surface area contributed by atoms with Gasteiger partial charge in [0, 0.05) is 11.2 Å². The first kappa shape index (κ1) is 11.5. The number of rotatable bonds is 3. The van der Waals surface area contributed by atoms with Crippen LogP contribution < -0.4 is 4.74 Å². The lowest BCUT2D eigenvalue weighted by Crippen LogP contribution is -1.97. The Labute approximate surface area is 102 Å². The molecule has 0 saturated heterocycles. The quantitative estimate of drug-likeness (QED) is 0.910. The molecule has 17 heavy (non-hydrogen) atoms. The molecule has 2 aromatic rings. The Balaban J connectivity index is 2.51. The summed E-state index contributed by atoms with van der Waals surface area (Å²) in [7, 11) is 1.53. The van der Waals surface area contributed by atoms with Crippen molar-refractivity contribution in [1.29, 1.82) is 0 Å². The predicted molar refractivity (Wildman–Crippen MR) is 62.1 cm³/mol. The lowest BCUT2D eigenvalue weighted by molar-refractivity contribution is 0.0691. The van der Waals surface area contributed by atoms with Crippen LogP contribution >= 0.6 is 11.6 Å². The summed E-state index contributed by atoms with van der Waals surface area (Å²) in [5.41, 5.74) is 0.604. The summed E-state index contributed by atoms with van der Waals surface area (Å²) in [6.07, 6.45) is 2.80. The zero-order valence-electron chi connectivity index (χ0n) is 8.92. The molecule has 0 aliphatic carbocycles. The molecule has 1 heterocycles. The number of imidazole rings is 1. The molecule has 0 bridgehead atoms. The van der Waals surface area contributed by atoms with Crippen molar-refractivity contribution in [2.24, 2.45) is 0 Å². The Morgan fingerprint density at radius 1 is 1.53 bits per heavy atom. The van der Waals surface area contributed by atoms with Crippen LogP contribution in [0.1, 0.15) is 10.5 Å². The van der Waals surface area contributed by atoms with E-state index >= 15 is 0 Å². The first-order chi connectivity index (χ1) is 8.11. The van der Waals surface area contributed by atoms with E-state index in [1.54, 1.807) is 22.8 Å². The number of benzene rings is 1. The molecule has 0 fully saturated rings. The average Bonchev–Trinajstić information content (AvgIpc) is 2.78. The van der Waals surface area contributed by atoms with E-state index in [2.05, 4.69) is 4.98 Å². The maximum Gasteiger partial charge on any atom is 0.356 e. The molecule has 1 aromatic carbocycles. The Morgan fingerprint density at radius 3 is 2.88 bits per heavy atom. The SMILES string of the molecule is COc1ccc(Cl)cc1-n1cnc(C(=O)O)c1. The Bertz CT molecular complexity index is 566. The number of nitrogens with zero attached hydrogens (tertiary/aromatic N) is 2. The van der Waals surface area contributed by atoms with Gasteiger partial charge < -0.3 is 14.4 Å². The van der Waals surface area contributed by atoms with Crippen LogP contribution in [0.15, 0.2) is 30.7 Å². The highest BCUT2D eigenvalue weighted by atomic mass is 35.5. The van der Waals surface area contributed by atoms with Crippen molar-refractivity contribution in [3.8, 4) is 11.4 Å². The molecule has 1 aromatic heterocycles. The molecule has 0 aliphatic rings. The summed E-state index contributed by atoms with van der Waals surface area (Å²) < 4.78 is 6.72. The van der Waals surface area contributed by atoms with Gasteiger partial charge in [0.25, 0.3) is 0 Å². The summed E-state index contributed by atoms with van der Waals surface area (Å²) in [4.78, 5) is 14.5. The van der Waals surface area contributed by atoms with Gasteiger partial charge in [-0.3, -0.25) is 0 Å². The second kappa shape index (κ2) is 4.47. The van der Waals surface area contributed by atoms with Crippen molar-refractivity contribution in [3.63, 3.8) is 0 Å². The molecular formula is C11H9ClN2O3. The topological polar surface area (TPSA) is 64.4 Å². The number of carboxylic acids is 1. The molecule has 0 atom stereocenters. The number of hydrogen-bond acceptors (Lipinski definition) is 3. The fourth-order valence-electron chi connectivity index (χ4n) is 1.43. The first-order valence-electron chi connectivity index (χ1n) is 4.73. The van der Waals surface area contributed by atoms with Crippen LogP contribution in [-0.4, -0.2) is 27.7 Å². The molecule has 0 spiro atoms. The lowest BCUT2D eigenvalue weighted by Gasteiger charge is -2.08. The van der Waals surface area contributed by atoms with Crippen molar-refractivity contribution in [1.82, 2.24) is 9.55 Å². The van der Waals surface area contributed by atoms with Crippen molar-refractivity contribution >= 4 is 17.6 Å². The van der Waals surface area contributed by atoms with Crippen molar-refractivity contribution < 1.29 is 14.6 Å². The molecule has 0 saturated carbocycles. The molecule has 0 amide bonds. The lowest BCUT2D eigenvalue weighted by atomic mass is 10.3. The highest BCUT2D eigenvalue weighted by molar-refractivity contribution is 6.30. The van der Waals surface area contributed by atoms with Crippen molar-refractivity contribution in [2.75, 3.05) is 7.11 Å². The molecule has 2 rings (SSSR count). The van der Waals surface area contributed by atoms with Gasteiger partial charge in [-0.1, -0.05) is 11.6 Å². The summed E-state index contributed by atoms with van der Waals surface area (Å²) in [5.74, 6) is -0.492. The Kier molecular flexibility index (Phi) is 3.01. The zero-order chi connectivity index (χ0) is 12.4. The summed E-state index contributed by atoms with van der Waals surface area (Å²) in [6.45, 7) is 0. The Hall–Kier alpha value is -2.01. The predicted octanol–water partition coefficient (Wildman–Crippen LogP) is 2.23. The van der Waals surface area contributed by atoms with Gasteiger partial charge in [-0.15, -0.1) is 0 Å². The van der Waals surface area contributed by atoms with E-state index in [0.29, 0.717) is 16.5 Å². The second-order valence-electron chi connectivity index (χ2n) is 3.29. The van der Waals surface area contributed by atoms with Crippen LogP contribution in [-0.2, 0) is 0 Å². The molecule has 0 unspecified atom stereocenters. The number of aromatic carboxylic acids is 1. The third-order valence-corrected chi connectivity index (χ3v) is 2.46. The number of methoxy groups -OCH3 is 1. The number of ether oxygens (including phenoxy) is 1. The van der Waals surface area contributed by atoms with Gasteiger partial charge in [0.1, 0.15) is 12.1 Å². The molecule has 6 heteroatoms. The van der Waals surface area contributed by atoms with Crippen LogP contribution in [0.25, 0.3) is 5.69 Å². The van der Waals surface area contributed by atoms with E-state index in [1.165, 1.54) is 19.6 Å². The highest BCUT2D eigenvalue weighted by Crippen LogP contribution is 2.26. The zero-order valence-corrected chi connectivity index (χ0v) is 9.68. The molecule has 1 N–H and O–H groups in total. The summed E-state index contributed by atoms with van der Waals surface area (Å²) in [6, 6.07) is 5.07. The highest BCUT2D eigenvalue weighted by Gasteiger charge is 2.11. The molecular weight excluding hydrogens is 244 g/mol. The monoisotopic (exact) mass is 252 g/mol. The van der Waals surface area contributed by atoms with Crippen molar-refractivity contribution in [2.45, 2.75) is 0 Å². The van der Waals surface area contributed by atoms with E-state index in [-0.39, 0.29) is 5.69 Å². The summed E-state index contributed by atoms with van der Waals surface area (Å²) >= 11 is 5.89. The largest absolute Gasteiger partial charge is 0.495 e. The average molecular weight is 253 g/mol. The van der Waals surface area contributed by atoms with E-state index in [4.69, 9.17) is 21.4 Å². The molecule has 0 radical (unpaired) electrons. The Morgan fingerprint density at radius 2 is 2.29 bits per heavy atom. The fourth-order valence-corrected chi connectivity index (χ4v) is 1.60. The molecule has 5 nitrogen and oxygen atoms in total. The van der Waals surface area contributed by atoms with Gasteiger partial charge in [0.05, 0.1) is 12.8 Å². The molecule has 0 aliphatic heterocycles. The van der Waals surface area contributed by atoms with Gasteiger partial charge in [-0.25, -0.2) is 9.78 Å².